The fourth-order valence-electron chi connectivity index (χ4n) is 2.94. The Hall–Kier alpha value is -3.74. The van der Waals surface area contributed by atoms with Crippen LogP contribution in [0.5, 0.6) is 17.2 Å². The molecule has 13 heteroatoms. The van der Waals surface area contributed by atoms with Crippen LogP contribution in [0.3, 0.4) is 0 Å². The fraction of sp³-hybridized carbons (Fsp3) is 0.250. The van der Waals surface area contributed by atoms with Gasteiger partial charge in [-0.15, -0.1) is 5.10 Å². The van der Waals surface area contributed by atoms with Crippen LogP contribution < -0.4 is 14.2 Å². The lowest BCUT2D eigenvalue weighted by Crippen LogP contribution is -2.03. The number of tetrazole rings is 1. The molecule has 33 heavy (non-hydrogen) atoms. The lowest BCUT2D eigenvalue weighted by molar-refractivity contribution is -0.0512. The molecule has 2 heterocycles. The molecule has 10 nitrogen and oxygen atoms in total. The fourth-order valence-corrected chi connectivity index (χ4v) is 3.66. The van der Waals surface area contributed by atoms with Crippen molar-refractivity contribution >= 4 is 11.8 Å². The summed E-state index contributed by atoms with van der Waals surface area (Å²) in [5.74, 6) is 1.56. The molecule has 0 bridgehead atoms. The van der Waals surface area contributed by atoms with Gasteiger partial charge >= 0.3 is 6.61 Å². The van der Waals surface area contributed by atoms with Gasteiger partial charge in [-0.3, -0.25) is 0 Å². The number of rotatable bonds is 9. The third kappa shape index (κ3) is 5.03. The Morgan fingerprint density at radius 3 is 2.61 bits per heavy atom. The molecule has 0 spiro atoms. The SMILES string of the molecule is COc1cc(-c2noc(CSc3nnnn3-c3cc(C)ccc3OC)n2)ccc1OC(F)F. The lowest BCUT2D eigenvalue weighted by atomic mass is 10.2. The van der Waals surface area contributed by atoms with E-state index in [1.165, 1.54) is 37.1 Å². The van der Waals surface area contributed by atoms with Crippen LogP contribution in [-0.2, 0) is 5.75 Å². The Morgan fingerprint density at radius 2 is 1.85 bits per heavy atom. The van der Waals surface area contributed by atoms with E-state index < -0.39 is 6.61 Å². The van der Waals surface area contributed by atoms with Crippen molar-refractivity contribution in [1.29, 1.82) is 0 Å². The van der Waals surface area contributed by atoms with E-state index in [-0.39, 0.29) is 17.3 Å². The highest BCUT2D eigenvalue weighted by Crippen LogP contribution is 2.33. The molecule has 0 saturated heterocycles. The number of aryl methyl sites for hydroxylation is 1. The van der Waals surface area contributed by atoms with E-state index >= 15 is 0 Å². The normalized spacial score (nSPS) is 11.1. The molecule has 0 aliphatic heterocycles. The highest BCUT2D eigenvalue weighted by molar-refractivity contribution is 7.98. The molecule has 0 fully saturated rings. The van der Waals surface area contributed by atoms with E-state index in [4.69, 9.17) is 14.0 Å². The zero-order valence-corrected chi connectivity index (χ0v) is 18.5. The van der Waals surface area contributed by atoms with Gasteiger partial charge in [-0.05, 0) is 53.2 Å². The molecule has 2 aromatic heterocycles. The highest BCUT2D eigenvalue weighted by Gasteiger charge is 2.17. The van der Waals surface area contributed by atoms with Crippen molar-refractivity contribution in [3.63, 3.8) is 0 Å². The Balaban J connectivity index is 1.50. The molecule has 0 aliphatic carbocycles. The molecule has 0 aliphatic rings. The number of methoxy groups -OCH3 is 2. The van der Waals surface area contributed by atoms with Crippen molar-refractivity contribution in [3.05, 3.63) is 47.9 Å². The van der Waals surface area contributed by atoms with Crippen LogP contribution in [0.25, 0.3) is 17.1 Å². The first kappa shape index (κ1) is 22.5. The van der Waals surface area contributed by atoms with Gasteiger partial charge in [-0.1, -0.05) is 23.0 Å². The molecule has 0 atom stereocenters. The Morgan fingerprint density at radius 1 is 1.06 bits per heavy atom. The van der Waals surface area contributed by atoms with Crippen LogP contribution in [0.1, 0.15) is 11.5 Å². The number of benzene rings is 2. The summed E-state index contributed by atoms with van der Waals surface area (Å²) in [4.78, 5) is 4.35. The van der Waals surface area contributed by atoms with Crippen molar-refractivity contribution in [2.24, 2.45) is 0 Å². The maximum absolute atomic E-state index is 12.5. The van der Waals surface area contributed by atoms with Gasteiger partial charge in [0.1, 0.15) is 11.4 Å². The second-order valence-electron chi connectivity index (χ2n) is 6.59. The number of hydrogen-bond donors (Lipinski definition) is 0. The Labute approximate surface area is 190 Å². The molecule has 0 radical (unpaired) electrons. The van der Waals surface area contributed by atoms with Crippen molar-refractivity contribution in [2.45, 2.75) is 24.4 Å². The number of hydrogen-bond acceptors (Lipinski definition) is 10. The largest absolute Gasteiger partial charge is 0.494 e. The number of aromatic nitrogens is 6. The first-order chi connectivity index (χ1) is 16.0. The number of alkyl halides is 2. The number of thioether (sulfide) groups is 1. The van der Waals surface area contributed by atoms with E-state index in [9.17, 15) is 8.78 Å². The van der Waals surface area contributed by atoms with Crippen LogP contribution in [0.4, 0.5) is 8.78 Å². The smallest absolute Gasteiger partial charge is 0.387 e. The maximum Gasteiger partial charge on any atom is 0.387 e. The first-order valence-corrected chi connectivity index (χ1v) is 10.5. The van der Waals surface area contributed by atoms with Crippen molar-refractivity contribution in [2.75, 3.05) is 14.2 Å². The second kappa shape index (κ2) is 9.81. The molecule has 0 amide bonds. The van der Waals surface area contributed by atoms with Crippen molar-refractivity contribution < 1.29 is 27.5 Å². The predicted molar refractivity (Wildman–Crippen MR) is 113 cm³/mol. The second-order valence-corrected chi connectivity index (χ2v) is 7.54. The molecule has 0 unspecified atom stereocenters. The number of halogens is 2. The van der Waals surface area contributed by atoms with Gasteiger partial charge in [0.15, 0.2) is 11.5 Å². The monoisotopic (exact) mass is 476 g/mol. The quantitative estimate of drug-likeness (QED) is 0.330. The van der Waals surface area contributed by atoms with Gasteiger partial charge in [0.2, 0.25) is 16.9 Å². The third-order valence-corrected chi connectivity index (χ3v) is 5.34. The van der Waals surface area contributed by atoms with Crippen molar-refractivity contribution in [3.8, 4) is 34.3 Å². The van der Waals surface area contributed by atoms with Crippen LogP contribution in [0.15, 0.2) is 46.1 Å². The molecule has 2 aromatic carbocycles. The zero-order chi connectivity index (χ0) is 23.4. The van der Waals surface area contributed by atoms with Crippen LogP contribution >= 0.6 is 11.8 Å². The topological polar surface area (TPSA) is 110 Å². The summed E-state index contributed by atoms with van der Waals surface area (Å²) in [6.45, 7) is -1.00. The number of ether oxygens (including phenoxy) is 3. The number of nitrogens with zero attached hydrogens (tertiary/aromatic N) is 6. The van der Waals surface area contributed by atoms with E-state index in [2.05, 4.69) is 30.4 Å². The average molecular weight is 476 g/mol. The molecule has 0 N–H and O–H groups in total. The van der Waals surface area contributed by atoms with E-state index in [0.717, 1.165) is 5.56 Å². The Bertz CT molecular complexity index is 1250. The van der Waals surface area contributed by atoms with Crippen molar-refractivity contribution in [1.82, 2.24) is 30.3 Å². The van der Waals surface area contributed by atoms with E-state index in [1.807, 2.05) is 25.1 Å². The molecule has 172 valence electrons. The Kier molecular flexibility index (Phi) is 6.68. The predicted octanol–water partition coefficient (Wildman–Crippen LogP) is 3.93. The molecular formula is C20H18F2N6O4S. The minimum atomic E-state index is -2.96. The standard InChI is InChI=1S/C20H18F2N6O4S/c1-11-4-6-14(29-2)13(8-11)28-20(24-26-27-28)33-10-17-23-18(25-32-17)12-5-7-15(31-19(21)22)16(9-12)30-3/h4-9,19H,10H2,1-3H3. The van der Waals surface area contributed by atoms with Gasteiger partial charge in [0, 0.05) is 5.56 Å². The zero-order valence-electron chi connectivity index (χ0n) is 17.7. The average Bonchev–Trinajstić information content (AvgIpc) is 3.47. The highest BCUT2D eigenvalue weighted by atomic mass is 32.2. The summed E-state index contributed by atoms with van der Waals surface area (Å²) in [5, 5.41) is 16.3. The minimum absolute atomic E-state index is 0.0889. The molecule has 0 saturated carbocycles. The summed E-state index contributed by atoms with van der Waals surface area (Å²) < 4.78 is 46.9. The molecule has 4 aromatic rings. The van der Waals surface area contributed by atoms with Gasteiger partial charge in [0.05, 0.1) is 20.0 Å². The summed E-state index contributed by atoms with van der Waals surface area (Å²) in [7, 11) is 2.93. The van der Waals surface area contributed by atoms with Crippen LogP contribution in [0, 0.1) is 6.92 Å². The first-order valence-electron chi connectivity index (χ1n) is 9.50. The summed E-state index contributed by atoms with van der Waals surface area (Å²) in [6.07, 6.45) is 0. The van der Waals surface area contributed by atoms with Crippen LogP contribution in [-0.4, -0.2) is 51.2 Å². The summed E-state index contributed by atoms with van der Waals surface area (Å²) >= 11 is 1.30. The van der Waals surface area contributed by atoms with E-state index in [0.29, 0.717) is 33.8 Å². The maximum atomic E-state index is 12.5. The van der Waals surface area contributed by atoms with Gasteiger partial charge in [-0.2, -0.15) is 18.4 Å². The lowest BCUT2D eigenvalue weighted by Gasteiger charge is -2.10. The third-order valence-electron chi connectivity index (χ3n) is 4.43. The van der Waals surface area contributed by atoms with Crippen LogP contribution in [0.2, 0.25) is 0 Å². The minimum Gasteiger partial charge on any atom is -0.494 e. The molecular weight excluding hydrogens is 458 g/mol. The molecule has 4 rings (SSSR count). The van der Waals surface area contributed by atoms with Gasteiger partial charge in [0.25, 0.3) is 0 Å². The summed E-state index contributed by atoms with van der Waals surface area (Å²) in [6, 6.07) is 10.1. The van der Waals surface area contributed by atoms with E-state index in [1.54, 1.807) is 11.8 Å². The van der Waals surface area contributed by atoms with Gasteiger partial charge in [-0.25, -0.2) is 0 Å². The summed E-state index contributed by atoms with van der Waals surface area (Å²) in [5.41, 5.74) is 2.25. The van der Waals surface area contributed by atoms with Gasteiger partial charge < -0.3 is 18.7 Å².